The Kier molecular flexibility index (Phi) is 5.15. The van der Waals surface area contributed by atoms with Crippen LogP contribution in [0.15, 0.2) is 6.20 Å². The number of esters is 1. The molecule has 0 bridgehead atoms. The fourth-order valence-corrected chi connectivity index (χ4v) is 3.25. The van der Waals surface area contributed by atoms with Gasteiger partial charge >= 0.3 is 5.97 Å². The summed E-state index contributed by atoms with van der Waals surface area (Å²) in [5.74, 6) is 0.0203. The Bertz CT molecular complexity index is 414. The summed E-state index contributed by atoms with van der Waals surface area (Å²) in [6.45, 7) is 5.80. The van der Waals surface area contributed by atoms with Gasteiger partial charge in [-0.2, -0.15) is 0 Å². The van der Waals surface area contributed by atoms with Crippen molar-refractivity contribution in [2.24, 2.45) is 5.92 Å². The van der Waals surface area contributed by atoms with Crippen LogP contribution in [0, 0.1) is 5.92 Å². The van der Waals surface area contributed by atoms with E-state index in [-0.39, 0.29) is 11.9 Å². The molecule has 0 spiro atoms. The van der Waals surface area contributed by atoms with Crippen molar-refractivity contribution in [3.05, 3.63) is 11.1 Å². The summed E-state index contributed by atoms with van der Waals surface area (Å²) in [7, 11) is 1.47. The lowest BCUT2D eigenvalue weighted by atomic mass is 9.97. The zero-order valence-electron chi connectivity index (χ0n) is 11.5. The number of methoxy groups -OCH3 is 1. The molecule has 2 heterocycles. The number of likely N-dealkylation sites (tertiary alicyclic amines) is 1. The second kappa shape index (κ2) is 6.86. The van der Waals surface area contributed by atoms with Crippen molar-refractivity contribution >= 4 is 22.4 Å². The lowest BCUT2D eigenvalue weighted by Gasteiger charge is -2.29. The van der Waals surface area contributed by atoms with Crippen molar-refractivity contribution in [3.63, 3.8) is 0 Å². The summed E-state index contributed by atoms with van der Waals surface area (Å²) in [6.07, 6.45) is 3.73. The van der Waals surface area contributed by atoms with Crippen LogP contribution in [-0.2, 0) is 16.1 Å². The number of carbonyl (C=O) groups excluding carboxylic acids is 1. The van der Waals surface area contributed by atoms with Crippen LogP contribution in [0.3, 0.4) is 0 Å². The Morgan fingerprint density at radius 2 is 2.32 bits per heavy atom. The molecule has 0 aliphatic carbocycles. The summed E-state index contributed by atoms with van der Waals surface area (Å²) in [4.78, 5) is 19.4. The van der Waals surface area contributed by atoms with Crippen LogP contribution >= 0.6 is 11.3 Å². The minimum Gasteiger partial charge on any atom is -0.469 e. The van der Waals surface area contributed by atoms with Crippen LogP contribution in [0.5, 0.6) is 0 Å². The molecule has 0 aromatic carbocycles. The largest absolute Gasteiger partial charge is 0.469 e. The van der Waals surface area contributed by atoms with Crippen LogP contribution in [0.1, 0.15) is 24.6 Å². The number of aromatic nitrogens is 1. The first-order valence-electron chi connectivity index (χ1n) is 6.71. The number of carbonyl (C=O) groups is 1. The van der Waals surface area contributed by atoms with E-state index in [9.17, 15) is 4.79 Å². The quantitative estimate of drug-likeness (QED) is 0.837. The van der Waals surface area contributed by atoms with Gasteiger partial charge in [-0.15, -0.1) is 11.3 Å². The molecule has 0 saturated carbocycles. The van der Waals surface area contributed by atoms with Crippen LogP contribution in [0.25, 0.3) is 0 Å². The second-order valence-corrected chi connectivity index (χ2v) is 5.85. The lowest BCUT2D eigenvalue weighted by molar-refractivity contribution is -0.147. The van der Waals surface area contributed by atoms with E-state index in [2.05, 4.69) is 22.1 Å². The topological polar surface area (TPSA) is 54.5 Å². The molecular weight excluding hydrogens is 262 g/mol. The number of ether oxygens (including phenoxy) is 1. The number of nitrogens with one attached hydrogen (secondary N) is 1. The van der Waals surface area contributed by atoms with Crippen molar-refractivity contribution in [3.8, 4) is 0 Å². The fraction of sp³-hybridized carbons (Fsp3) is 0.692. The summed E-state index contributed by atoms with van der Waals surface area (Å²) in [5, 5.41) is 4.21. The molecule has 0 amide bonds. The Labute approximate surface area is 118 Å². The number of hydrogen-bond acceptors (Lipinski definition) is 6. The number of piperidine rings is 1. The van der Waals surface area contributed by atoms with Crippen molar-refractivity contribution in [2.45, 2.75) is 26.3 Å². The van der Waals surface area contributed by atoms with Crippen LogP contribution in [0.2, 0.25) is 0 Å². The second-order valence-electron chi connectivity index (χ2n) is 4.74. The zero-order chi connectivity index (χ0) is 13.7. The normalized spacial score (nSPS) is 17.4. The van der Waals surface area contributed by atoms with Gasteiger partial charge in [-0.1, -0.05) is 0 Å². The van der Waals surface area contributed by atoms with Crippen molar-refractivity contribution < 1.29 is 9.53 Å². The minimum absolute atomic E-state index is 0.0631. The molecule has 1 fully saturated rings. The van der Waals surface area contributed by atoms with Crippen LogP contribution < -0.4 is 5.32 Å². The fourth-order valence-electron chi connectivity index (χ4n) is 2.33. The van der Waals surface area contributed by atoms with Gasteiger partial charge in [-0.05, 0) is 32.9 Å². The SMILES string of the molecule is CCNc1ncc(CN2CCC(C(=O)OC)CC2)s1. The summed E-state index contributed by atoms with van der Waals surface area (Å²) >= 11 is 1.71. The Hall–Kier alpha value is -1.14. The van der Waals surface area contributed by atoms with Gasteiger partial charge in [-0.3, -0.25) is 9.69 Å². The maximum absolute atomic E-state index is 11.5. The predicted octanol–water partition coefficient (Wildman–Crippen LogP) is 1.96. The maximum atomic E-state index is 11.5. The predicted molar refractivity (Wildman–Crippen MR) is 76.3 cm³/mol. The molecule has 1 aliphatic rings. The van der Waals surface area contributed by atoms with Crippen molar-refractivity contribution in [1.29, 1.82) is 0 Å². The molecule has 5 nitrogen and oxygen atoms in total. The number of hydrogen-bond donors (Lipinski definition) is 1. The summed E-state index contributed by atoms with van der Waals surface area (Å²) < 4.78 is 4.80. The standard InChI is InChI=1S/C13H21N3O2S/c1-3-14-13-15-8-11(19-13)9-16-6-4-10(5-7-16)12(17)18-2/h8,10H,3-7,9H2,1-2H3,(H,14,15). The molecule has 2 rings (SSSR count). The molecule has 1 aromatic rings. The molecule has 0 radical (unpaired) electrons. The average molecular weight is 283 g/mol. The first-order valence-corrected chi connectivity index (χ1v) is 7.53. The average Bonchev–Trinajstić information content (AvgIpc) is 2.86. The third-order valence-corrected chi connectivity index (χ3v) is 4.32. The van der Waals surface area contributed by atoms with Crippen LogP contribution in [-0.4, -0.2) is 42.6 Å². The van der Waals surface area contributed by atoms with E-state index in [0.717, 1.165) is 44.2 Å². The highest BCUT2D eigenvalue weighted by Gasteiger charge is 2.25. The lowest BCUT2D eigenvalue weighted by Crippen LogP contribution is -2.36. The van der Waals surface area contributed by atoms with E-state index in [0.29, 0.717) is 0 Å². The molecule has 1 aromatic heterocycles. The van der Waals surface area contributed by atoms with E-state index >= 15 is 0 Å². The molecule has 1 N–H and O–H groups in total. The third kappa shape index (κ3) is 3.91. The van der Waals surface area contributed by atoms with E-state index < -0.39 is 0 Å². The first kappa shape index (κ1) is 14.3. The molecular formula is C13H21N3O2S. The maximum Gasteiger partial charge on any atom is 0.308 e. The van der Waals surface area contributed by atoms with Gasteiger partial charge in [0, 0.05) is 24.2 Å². The summed E-state index contributed by atoms with van der Waals surface area (Å²) in [6, 6.07) is 0. The van der Waals surface area contributed by atoms with E-state index in [4.69, 9.17) is 4.74 Å². The highest BCUT2D eigenvalue weighted by atomic mass is 32.1. The first-order chi connectivity index (χ1) is 9.22. The summed E-state index contributed by atoms with van der Waals surface area (Å²) in [5.41, 5.74) is 0. The number of nitrogens with zero attached hydrogens (tertiary/aromatic N) is 2. The van der Waals surface area contributed by atoms with Crippen molar-refractivity contribution in [1.82, 2.24) is 9.88 Å². The van der Waals surface area contributed by atoms with E-state index in [1.165, 1.54) is 12.0 Å². The van der Waals surface area contributed by atoms with Gasteiger partial charge < -0.3 is 10.1 Å². The number of rotatable bonds is 5. The monoisotopic (exact) mass is 283 g/mol. The molecule has 19 heavy (non-hydrogen) atoms. The van der Waals surface area contributed by atoms with Gasteiger partial charge in [-0.25, -0.2) is 4.98 Å². The number of thiazole rings is 1. The third-order valence-electron chi connectivity index (χ3n) is 3.38. The number of anilines is 1. The molecule has 1 aliphatic heterocycles. The zero-order valence-corrected chi connectivity index (χ0v) is 12.3. The highest BCUT2D eigenvalue weighted by Crippen LogP contribution is 2.23. The Morgan fingerprint density at radius 1 is 1.58 bits per heavy atom. The van der Waals surface area contributed by atoms with Crippen molar-refractivity contribution in [2.75, 3.05) is 32.1 Å². The van der Waals surface area contributed by atoms with Gasteiger partial charge in [0.25, 0.3) is 0 Å². The van der Waals surface area contributed by atoms with Gasteiger partial charge in [0.2, 0.25) is 0 Å². The molecule has 0 atom stereocenters. The van der Waals surface area contributed by atoms with Gasteiger partial charge in [0.05, 0.1) is 13.0 Å². The van der Waals surface area contributed by atoms with E-state index in [1.807, 2.05) is 6.20 Å². The molecule has 106 valence electrons. The van der Waals surface area contributed by atoms with Crippen LogP contribution in [0.4, 0.5) is 5.13 Å². The van der Waals surface area contributed by atoms with E-state index in [1.54, 1.807) is 11.3 Å². The molecule has 1 saturated heterocycles. The minimum atomic E-state index is -0.0631. The Morgan fingerprint density at radius 3 is 2.95 bits per heavy atom. The van der Waals surface area contributed by atoms with Gasteiger partial charge in [0.15, 0.2) is 5.13 Å². The Balaban J connectivity index is 1.80. The van der Waals surface area contributed by atoms with Gasteiger partial charge in [0.1, 0.15) is 0 Å². The smallest absolute Gasteiger partial charge is 0.308 e. The highest BCUT2D eigenvalue weighted by molar-refractivity contribution is 7.15. The molecule has 0 unspecified atom stereocenters. The molecule has 6 heteroatoms.